The Labute approximate surface area is 161 Å². The Morgan fingerprint density at radius 2 is 1.74 bits per heavy atom. The Hall–Kier alpha value is -2.63. The molecule has 6 nitrogen and oxygen atoms in total. The second-order valence-corrected chi connectivity index (χ2v) is 8.16. The highest BCUT2D eigenvalue weighted by molar-refractivity contribution is 5.92. The number of anilines is 2. The maximum Gasteiger partial charge on any atom is 0.274 e. The summed E-state index contributed by atoms with van der Waals surface area (Å²) in [6.45, 7) is 13.5. The van der Waals surface area contributed by atoms with Gasteiger partial charge in [0.1, 0.15) is 11.5 Å². The Morgan fingerprint density at radius 1 is 1.04 bits per heavy atom. The molecule has 0 saturated carbocycles. The number of aromatic nitrogens is 2. The van der Waals surface area contributed by atoms with E-state index in [-0.39, 0.29) is 11.4 Å². The van der Waals surface area contributed by atoms with E-state index in [0.29, 0.717) is 24.6 Å². The van der Waals surface area contributed by atoms with Crippen LogP contribution in [0.2, 0.25) is 0 Å². The maximum absolute atomic E-state index is 12.7. The summed E-state index contributed by atoms with van der Waals surface area (Å²) in [7, 11) is 0. The van der Waals surface area contributed by atoms with Crippen molar-refractivity contribution in [3.8, 4) is 0 Å². The molecule has 6 heteroatoms. The van der Waals surface area contributed by atoms with Crippen LogP contribution in [-0.4, -0.2) is 52.5 Å². The topological polar surface area (TPSA) is 61.4 Å². The van der Waals surface area contributed by atoms with Gasteiger partial charge in [0.25, 0.3) is 5.91 Å². The second kappa shape index (κ2) is 7.55. The number of nitrogens with one attached hydrogen (secondary N) is 1. The minimum absolute atomic E-state index is 0.0505. The first-order chi connectivity index (χ1) is 12.7. The number of rotatable bonds is 3. The smallest absolute Gasteiger partial charge is 0.274 e. The van der Waals surface area contributed by atoms with Crippen LogP contribution in [0.3, 0.4) is 0 Å². The Morgan fingerprint density at radius 3 is 2.33 bits per heavy atom. The van der Waals surface area contributed by atoms with Crippen molar-refractivity contribution in [3.63, 3.8) is 0 Å². The lowest BCUT2D eigenvalue weighted by Crippen LogP contribution is -2.49. The zero-order chi connectivity index (χ0) is 19.6. The Bertz CT molecular complexity index is 802. The summed E-state index contributed by atoms with van der Waals surface area (Å²) in [5.41, 5.74) is 4.18. The normalized spacial score (nSPS) is 15.0. The van der Waals surface area contributed by atoms with E-state index in [9.17, 15) is 4.79 Å². The summed E-state index contributed by atoms with van der Waals surface area (Å²) < 4.78 is 0. The van der Waals surface area contributed by atoms with E-state index in [1.807, 2.05) is 4.90 Å². The minimum Gasteiger partial charge on any atom is -0.368 e. The quantitative estimate of drug-likeness (QED) is 0.902. The minimum atomic E-state index is -0.0928. The number of benzene rings is 1. The van der Waals surface area contributed by atoms with Gasteiger partial charge in [0, 0.05) is 37.4 Å². The highest BCUT2D eigenvalue weighted by Gasteiger charge is 2.24. The molecule has 1 aliphatic heterocycles. The highest BCUT2D eigenvalue weighted by Crippen LogP contribution is 2.24. The molecule has 0 atom stereocenters. The molecule has 1 aliphatic rings. The van der Waals surface area contributed by atoms with E-state index < -0.39 is 0 Å². The molecular formula is C21H29N5O. The summed E-state index contributed by atoms with van der Waals surface area (Å²) in [6, 6.07) is 6.39. The predicted molar refractivity (Wildman–Crippen MR) is 109 cm³/mol. The van der Waals surface area contributed by atoms with Gasteiger partial charge in [0.15, 0.2) is 0 Å². The molecule has 1 aromatic carbocycles. The number of nitrogens with zero attached hydrogens (tertiary/aromatic N) is 4. The maximum atomic E-state index is 12.7. The average Bonchev–Trinajstić information content (AvgIpc) is 2.63. The fourth-order valence-corrected chi connectivity index (χ4v) is 3.28. The third kappa shape index (κ3) is 4.56. The first-order valence-corrected chi connectivity index (χ1v) is 9.45. The monoisotopic (exact) mass is 367 g/mol. The highest BCUT2D eigenvalue weighted by atomic mass is 16.2. The van der Waals surface area contributed by atoms with Crippen molar-refractivity contribution in [2.24, 2.45) is 0 Å². The second-order valence-electron chi connectivity index (χ2n) is 8.16. The molecular weight excluding hydrogens is 338 g/mol. The van der Waals surface area contributed by atoms with Crippen molar-refractivity contribution >= 4 is 17.4 Å². The summed E-state index contributed by atoms with van der Waals surface area (Å²) >= 11 is 0. The first kappa shape index (κ1) is 19.1. The SMILES string of the molecule is Cc1cccc(N2CCN(C(=O)c3cnc(NC(C)(C)C)cn3)CC2)c1C. The van der Waals surface area contributed by atoms with Crippen LogP contribution in [0.5, 0.6) is 0 Å². The summed E-state index contributed by atoms with van der Waals surface area (Å²) in [5, 5.41) is 3.26. The number of hydrogen-bond acceptors (Lipinski definition) is 5. The molecule has 0 radical (unpaired) electrons. The molecule has 0 unspecified atom stereocenters. The average molecular weight is 367 g/mol. The number of amides is 1. The molecule has 1 aromatic heterocycles. The van der Waals surface area contributed by atoms with Crippen LogP contribution < -0.4 is 10.2 Å². The van der Waals surface area contributed by atoms with Crippen LogP contribution in [-0.2, 0) is 0 Å². The van der Waals surface area contributed by atoms with Crippen LogP contribution in [0.15, 0.2) is 30.6 Å². The number of aryl methyl sites for hydroxylation is 1. The third-order valence-electron chi connectivity index (χ3n) is 4.86. The van der Waals surface area contributed by atoms with Crippen LogP contribution in [0, 0.1) is 13.8 Å². The zero-order valence-corrected chi connectivity index (χ0v) is 16.9. The predicted octanol–water partition coefficient (Wildman–Crippen LogP) is 3.27. The van der Waals surface area contributed by atoms with Crippen molar-refractivity contribution in [1.29, 1.82) is 0 Å². The van der Waals surface area contributed by atoms with Crippen molar-refractivity contribution in [3.05, 3.63) is 47.4 Å². The number of hydrogen-bond donors (Lipinski definition) is 1. The van der Waals surface area contributed by atoms with Gasteiger partial charge in [-0.2, -0.15) is 0 Å². The van der Waals surface area contributed by atoms with E-state index in [4.69, 9.17) is 0 Å². The van der Waals surface area contributed by atoms with Gasteiger partial charge >= 0.3 is 0 Å². The van der Waals surface area contributed by atoms with Gasteiger partial charge in [-0.3, -0.25) is 4.79 Å². The fraction of sp³-hybridized carbons (Fsp3) is 0.476. The van der Waals surface area contributed by atoms with E-state index >= 15 is 0 Å². The van der Waals surface area contributed by atoms with E-state index in [1.165, 1.54) is 16.8 Å². The molecule has 3 rings (SSSR count). The number of carbonyl (C=O) groups excluding carboxylic acids is 1. The van der Waals surface area contributed by atoms with Gasteiger partial charge < -0.3 is 15.1 Å². The molecule has 1 N–H and O–H groups in total. The standard InChI is InChI=1S/C21H29N5O/c1-15-7-6-8-18(16(15)2)25-9-11-26(12-10-25)20(27)17-13-23-19(14-22-17)24-21(3,4)5/h6-8,13-14H,9-12H2,1-5H3,(H,23,24). The summed E-state index contributed by atoms with van der Waals surface area (Å²) in [5.74, 6) is 0.629. The van der Waals surface area contributed by atoms with Gasteiger partial charge in [0.05, 0.1) is 12.4 Å². The molecule has 0 bridgehead atoms. The number of piperazine rings is 1. The molecule has 0 aliphatic carbocycles. The molecule has 27 heavy (non-hydrogen) atoms. The van der Waals surface area contributed by atoms with E-state index in [1.54, 1.807) is 12.4 Å². The van der Waals surface area contributed by atoms with Crippen LogP contribution >= 0.6 is 0 Å². The van der Waals surface area contributed by atoms with Crippen LogP contribution in [0.1, 0.15) is 42.4 Å². The molecule has 0 spiro atoms. The molecule has 1 saturated heterocycles. The van der Waals surface area contributed by atoms with Crippen LogP contribution in [0.4, 0.5) is 11.5 Å². The Balaban J connectivity index is 1.62. The summed E-state index contributed by atoms with van der Waals surface area (Å²) in [4.78, 5) is 25.6. The molecule has 2 aromatic rings. The van der Waals surface area contributed by atoms with Gasteiger partial charge in [-0.15, -0.1) is 0 Å². The molecule has 1 amide bonds. The van der Waals surface area contributed by atoms with Crippen molar-refractivity contribution in [2.75, 3.05) is 36.4 Å². The molecule has 2 heterocycles. The lowest BCUT2D eigenvalue weighted by atomic mass is 10.1. The van der Waals surface area contributed by atoms with Crippen molar-refractivity contribution in [2.45, 2.75) is 40.2 Å². The van der Waals surface area contributed by atoms with Crippen LogP contribution in [0.25, 0.3) is 0 Å². The number of carbonyl (C=O) groups is 1. The molecule has 144 valence electrons. The first-order valence-electron chi connectivity index (χ1n) is 9.45. The lowest BCUT2D eigenvalue weighted by Gasteiger charge is -2.36. The van der Waals surface area contributed by atoms with Gasteiger partial charge in [-0.05, 0) is 51.8 Å². The summed E-state index contributed by atoms with van der Waals surface area (Å²) in [6.07, 6.45) is 3.19. The van der Waals surface area contributed by atoms with Gasteiger partial charge in [-0.1, -0.05) is 12.1 Å². The van der Waals surface area contributed by atoms with E-state index in [2.05, 4.69) is 73.0 Å². The van der Waals surface area contributed by atoms with Crippen molar-refractivity contribution in [1.82, 2.24) is 14.9 Å². The van der Waals surface area contributed by atoms with E-state index in [0.717, 1.165) is 13.1 Å². The third-order valence-corrected chi connectivity index (χ3v) is 4.86. The van der Waals surface area contributed by atoms with Gasteiger partial charge in [-0.25, -0.2) is 9.97 Å². The fourth-order valence-electron chi connectivity index (χ4n) is 3.28. The lowest BCUT2D eigenvalue weighted by molar-refractivity contribution is 0.0740. The van der Waals surface area contributed by atoms with Gasteiger partial charge in [0.2, 0.25) is 0 Å². The zero-order valence-electron chi connectivity index (χ0n) is 16.9. The largest absolute Gasteiger partial charge is 0.368 e. The molecule has 1 fully saturated rings. The van der Waals surface area contributed by atoms with Crippen molar-refractivity contribution < 1.29 is 4.79 Å². The Kier molecular flexibility index (Phi) is 5.35.